The molecule has 0 saturated carbocycles. The van der Waals surface area contributed by atoms with E-state index >= 15 is 0 Å². The van der Waals surface area contributed by atoms with Crippen molar-refractivity contribution in [3.8, 4) is 0 Å². The summed E-state index contributed by atoms with van der Waals surface area (Å²) in [7, 11) is 2.42. The zero-order chi connectivity index (χ0) is 11.7. The zero-order valence-corrected chi connectivity index (χ0v) is 13.8. The standard InChI is InChI=1S/C15H20NS.HI/c1-16(9-5-2-6-10-16)11-13-12-17-15-8-4-3-7-14(13)15;/h3-4,7-8,12H,2,5-6,9-11H2,1H3;1H/q+1;/p-1. The lowest BCUT2D eigenvalue weighted by molar-refractivity contribution is -0.926. The predicted octanol–water partition coefficient (Wildman–Crippen LogP) is 1.04. The summed E-state index contributed by atoms with van der Waals surface area (Å²) in [5.41, 5.74) is 1.55. The molecule has 0 unspecified atom stereocenters. The highest BCUT2D eigenvalue weighted by atomic mass is 127. The Morgan fingerprint density at radius 1 is 1.11 bits per heavy atom. The van der Waals surface area contributed by atoms with Crippen molar-refractivity contribution in [2.75, 3.05) is 20.1 Å². The lowest BCUT2D eigenvalue weighted by atomic mass is 10.1. The molecule has 1 nitrogen and oxygen atoms in total. The summed E-state index contributed by atoms with van der Waals surface area (Å²) in [5, 5.41) is 3.84. The molecule has 0 radical (unpaired) electrons. The Bertz CT molecular complexity index is 514. The number of likely N-dealkylation sites (tertiary alicyclic amines) is 1. The Balaban J connectivity index is 0.00000120. The molecule has 0 N–H and O–H groups in total. The van der Waals surface area contributed by atoms with Gasteiger partial charge in [-0.25, -0.2) is 0 Å². The molecule has 1 aliphatic heterocycles. The number of piperidine rings is 1. The van der Waals surface area contributed by atoms with Crippen LogP contribution in [0.3, 0.4) is 0 Å². The molecule has 2 heterocycles. The molecule has 1 fully saturated rings. The number of nitrogens with zero attached hydrogens (tertiary/aromatic N) is 1. The first-order chi connectivity index (χ1) is 8.27. The smallest absolute Gasteiger partial charge is 0.106 e. The third-order valence-corrected chi connectivity index (χ3v) is 5.02. The van der Waals surface area contributed by atoms with Gasteiger partial charge in [0, 0.05) is 21.0 Å². The molecule has 3 heteroatoms. The number of benzene rings is 1. The van der Waals surface area contributed by atoms with E-state index in [1.807, 2.05) is 11.3 Å². The van der Waals surface area contributed by atoms with Gasteiger partial charge in [-0.05, 0) is 25.3 Å². The monoisotopic (exact) mass is 373 g/mol. The first-order valence-corrected chi connectivity index (χ1v) is 7.43. The van der Waals surface area contributed by atoms with E-state index in [9.17, 15) is 0 Å². The Morgan fingerprint density at radius 2 is 1.83 bits per heavy atom. The van der Waals surface area contributed by atoms with Crippen LogP contribution in [-0.2, 0) is 6.54 Å². The van der Waals surface area contributed by atoms with Crippen molar-refractivity contribution < 1.29 is 28.5 Å². The molecule has 0 aliphatic carbocycles. The van der Waals surface area contributed by atoms with E-state index in [2.05, 4.69) is 36.7 Å². The summed E-state index contributed by atoms with van der Waals surface area (Å²) < 4.78 is 2.67. The lowest BCUT2D eigenvalue weighted by Crippen LogP contribution is -3.00. The van der Waals surface area contributed by atoms with Gasteiger partial charge in [0.2, 0.25) is 0 Å². The third kappa shape index (κ3) is 2.89. The molecule has 0 amide bonds. The molecule has 0 spiro atoms. The number of thiophene rings is 1. The van der Waals surface area contributed by atoms with Crippen molar-refractivity contribution in [2.45, 2.75) is 25.8 Å². The largest absolute Gasteiger partial charge is 1.00 e. The SMILES string of the molecule is C[N+]1(Cc2csc3ccccc23)CCCCC1.[I-]. The summed E-state index contributed by atoms with van der Waals surface area (Å²) in [6, 6.07) is 8.81. The minimum atomic E-state index is 0. The first-order valence-electron chi connectivity index (χ1n) is 6.56. The summed E-state index contributed by atoms with van der Waals surface area (Å²) in [6.45, 7) is 3.92. The van der Waals surface area contributed by atoms with Crippen LogP contribution in [0, 0.1) is 0 Å². The van der Waals surface area contributed by atoms with Crippen LogP contribution < -0.4 is 24.0 Å². The van der Waals surface area contributed by atoms with Gasteiger partial charge in [-0.3, -0.25) is 0 Å². The van der Waals surface area contributed by atoms with Crippen LogP contribution in [0.4, 0.5) is 0 Å². The maximum Gasteiger partial charge on any atom is 0.106 e. The molecule has 3 rings (SSSR count). The first kappa shape index (κ1) is 14.3. The van der Waals surface area contributed by atoms with Crippen molar-refractivity contribution in [1.82, 2.24) is 0 Å². The highest BCUT2D eigenvalue weighted by Crippen LogP contribution is 2.29. The van der Waals surface area contributed by atoms with Crippen LogP contribution in [-0.4, -0.2) is 24.6 Å². The number of hydrogen-bond donors (Lipinski definition) is 0. The fourth-order valence-electron chi connectivity index (χ4n) is 3.00. The number of rotatable bonds is 2. The van der Waals surface area contributed by atoms with E-state index in [0.717, 1.165) is 0 Å². The van der Waals surface area contributed by atoms with Crippen LogP contribution in [0.15, 0.2) is 29.6 Å². The number of fused-ring (bicyclic) bond motifs is 1. The van der Waals surface area contributed by atoms with E-state index < -0.39 is 0 Å². The van der Waals surface area contributed by atoms with Gasteiger partial charge in [0.25, 0.3) is 0 Å². The van der Waals surface area contributed by atoms with Gasteiger partial charge in [-0.15, -0.1) is 11.3 Å². The van der Waals surface area contributed by atoms with E-state index in [0.29, 0.717) is 0 Å². The second kappa shape index (κ2) is 5.88. The molecule has 0 atom stereocenters. The minimum absolute atomic E-state index is 0. The van der Waals surface area contributed by atoms with Crippen molar-refractivity contribution >= 4 is 21.4 Å². The molecule has 1 aromatic carbocycles. The molecule has 98 valence electrons. The van der Waals surface area contributed by atoms with E-state index in [1.54, 1.807) is 5.56 Å². The summed E-state index contributed by atoms with van der Waals surface area (Å²) in [4.78, 5) is 0. The minimum Gasteiger partial charge on any atom is -1.00 e. The summed E-state index contributed by atoms with van der Waals surface area (Å²) in [6.07, 6.45) is 4.23. The highest BCUT2D eigenvalue weighted by Gasteiger charge is 2.25. The molecule has 1 aromatic heterocycles. The summed E-state index contributed by atoms with van der Waals surface area (Å²) in [5.74, 6) is 0. The molecule has 2 aromatic rings. The maximum absolute atomic E-state index is 2.42. The Kier molecular flexibility index (Phi) is 4.67. The molecular formula is C15H20INS. The van der Waals surface area contributed by atoms with Gasteiger partial charge in [0.15, 0.2) is 0 Å². The number of hydrogen-bond acceptors (Lipinski definition) is 1. The van der Waals surface area contributed by atoms with Gasteiger partial charge < -0.3 is 28.5 Å². The van der Waals surface area contributed by atoms with Crippen molar-refractivity contribution in [3.63, 3.8) is 0 Å². The summed E-state index contributed by atoms with van der Waals surface area (Å²) >= 11 is 1.89. The van der Waals surface area contributed by atoms with E-state index in [1.165, 1.54) is 53.5 Å². The molecule has 1 saturated heterocycles. The molecule has 18 heavy (non-hydrogen) atoms. The van der Waals surface area contributed by atoms with Gasteiger partial charge in [0.05, 0.1) is 20.1 Å². The van der Waals surface area contributed by atoms with Crippen LogP contribution >= 0.6 is 11.3 Å². The average molecular weight is 373 g/mol. The van der Waals surface area contributed by atoms with E-state index in [4.69, 9.17) is 0 Å². The van der Waals surface area contributed by atoms with E-state index in [-0.39, 0.29) is 24.0 Å². The number of quaternary nitrogens is 1. The van der Waals surface area contributed by atoms with Crippen LogP contribution in [0.2, 0.25) is 0 Å². The van der Waals surface area contributed by atoms with Gasteiger partial charge >= 0.3 is 0 Å². The second-order valence-corrected chi connectivity index (χ2v) is 6.45. The van der Waals surface area contributed by atoms with Crippen molar-refractivity contribution in [3.05, 3.63) is 35.2 Å². The quantitative estimate of drug-likeness (QED) is 0.545. The topological polar surface area (TPSA) is 0 Å². The fraction of sp³-hybridized carbons (Fsp3) is 0.467. The van der Waals surface area contributed by atoms with Crippen LogP contribution in [0.5, 0.6) is 0 Å². The predicted molar refractivity (Wildman–Crippen MR) is 75.3 cm³/mol. The third-order valence-electron chi connectivity index (χ3n) is 4.01. The highest BCUT2D eigenvalue weighted by molar-refractivity contribution is 7.17. The van der Waals surface area contributed by atoms with Crippen molar-refractivity contribution in [1.29, 1.82) is 0 Å². The Labute approximate surface area is 130 Å². The van der Waals surface area contributed by atoms with Crippen molar-refractivity contribution in [2.24, 2.45) is 0 Å². The molecule has 0 bridgehead atoms. The Hall–Kier alpha value is -0.130. The second-order valence-electron chi connectivity index (χ2n) is 5.54. The fourth-order valence-corrected chi connectivity index (χ4v) is 3.95. The van der Waals surface area contributed by atoms with Crippen LogP contribution in [0.25, 0.3) is 10.1 Å². The van der Waals surface area contributed by atoms with Gasteiger partial charge in [-0.2, -0.15) is 0 Å². The Morgan fingerprint density at radius 3 is 2.61 bits per heavy atom. The number of halogens is 1. The lowest BCUT2D eigenvalue weighted by Gasteiger charge is -2.37. The van der Waals surface area contributed by atoms with Gasteiger partial charge in [0.1, 0.15) is 6.54 Å². The molecular weight excluding hydrogens is 353 g/mol. The van der Waals surface area contributed by atoms with Gasteiger partial charge in [-0.1, -0.05) is 18.2 Å². The maximum atomic E-state index is 2.42. The zero-order valence-electron chi connectivity index (χ0n) is 10.9. The normalized spacial score (nSPS) is 18.5. The van der Waals surface area contributed by atoms with Crippen LogP contribution in [0.1, 0.15) is 24.8 Å². The molecule has 1 aliphatic rings. The average Bonchev–Trinajstić information content (AvgIpc) is 2.73.